The highest BCUT2D eigenvalue weighted by Gasteiger charge is 2.20. The van der Waals surface area contributed by atoms with Gasteiger partial charge in [0.15, 0.2) is 0 Å². The van der Waals surface area contributed by atoms with E-state index in [0.717, 1.165) is 37.6 Å². The standard InChI is InChI=1S/C14H17N5O/c1-2-17-14(18-3-1)19-4-5-20-10-13(9-19)6-12-7-15-11-16-8-12/h1-3,7-8,11,13H,4-6,9-10H2. The molecule has 1 unspecified atom stereocenters. The van der Waals surface area contributed by atoms with E-state index in [1.54, 1.807) is 18.7 Å². The summed E-state index contributed by atoms with van der Waals surface area (Å²) in [6, 6.07) is 1.83. The molecule has 3 heterocycles. The summed E-state index contributed by atoms with van der Waals surface area (Å²) >= 11 is 0. The third kappa shape index (κ3) is 3.27. The van der Waals surface area contributed by atoms with Gasteiger partial charge in [-0.25, -0.2) is 19.9 Å². The van der Waals surface area contributed by atoms with Crippen molar-refractivity contribution in [2.45, 2.75) is 6.42 Å². The molecule has 3 rings (SSSR count). The van der Waals surface area contributed by atoms with Crippen molar-refractivity contribution < 1.29 is 4.74 Å². The summed E-state index contributed by atoms with van der Waals surface area (Å²) in [5.41, 5.74) is 1.14. The average molecular weight is 271 g/mol. The first kappa shape index (κ1) is 12.9. The van der Waals surface area contributed by atoms with Gasteiger partial charge in [0.05, 0.1) is 13.2 Å². The van der Waals surface area contributed by atoms with Crippen LogP contribution < -0.4 is 4.90 Å². The topological polar surface area (TPSA) is 64.0 Å². The van der Waals surface area contributed by atoms with Crippen LogP contribution in [0.1, 0.15) is 5.56 Å². The van der Waals surface area contributed by atoms with E-state index in [0.29, 0.717) is 12.5 Å². The molecule has 0 aliphatic carbocycles. The highest BCUT2D eigenvalue weighted by molar-refractivity contribution is 5.28. The summed E-state index contributed by atoms with van der Waals surface area (Å²) < 4.78 is 5.69. The number of hydrogen-bond donors (Lipinski definition) is 0. The van der Waals surface area contributed by atoms with Crippen LogP contribution in [0.5, 0.6) is 0 Å². The summed E-state index contributed by atoms with van der Waals surface area (Å²) in [4.78, 5) is 18.9. The van der Waals surface area contributed by atoms with Gasteiger partial charge in [0.1, 0.15) is 6.33 Å². The molecule has 2 aromatic rings. The van der Waals surface area contributed by atoms with Gasteiger partial charge in [-0.2, -0.15) is 0 Å². The van der Waals surface area contributed by atoms with E-state index in [1.165, 1.54) is 0 Å². The molecule has 0 N–H and O–H groups in total. The second-order valence-electron chi connectivity index (χ2n) is 4.89. The minimum Gasteiger partial charge on any atom is -0.379 e. The summed E-state index contributed by atoms with van der Waals surface area (Å²) in [5, 5.41) is 0. The summed E-state index contributed by atoms with van der Waals surface area (Å²) in [5.74, 6) is 1.17. The van der Waals surface area contributed by atoms with Crippen LogP contribution in [0.3, 0.4) is 0 Å². The van der Waals surface area contributed by atoms with E-state index in [-0.39, 0.29) is 0 Å². The summed E-state index contributed by atoms with van der Waals surface area (Å²) in [7, 11) is 0. The fourth-order valence-electron chi connectivity index (χ4n) is 2.41. The van der Waals surface area contributed by atoms with Crippen LogP contribution in [0.4, 0.5) is 5.95 Å². The van der Waals surface area contributed by atoms with Gasteiger partial charge >= 0.3 is 0 Å². The maximum atomic E-state index is 5.69. The number of hydrogen-bond acceptors (Lipinski definition) is 6. The lowest BCUT2D eigenvalue weighted by atomic mass is 10.0. The van der Waals surface area contributed by atoms with Crippen molar-refractivity contribution in [1.29, 1.82) is 0 Å². The molecule has 0 saturated carbocycles. The number of anilines is 1. The van der Waals surface area contributed by atoms with E-state index in [4.69, 9.17) is 4.74 Å². The molecule has 1 fully saturated rings. The number of rotatable bonds is 3. The van der Waals surface area contributed by atoms with Crippen LogP contribution in [0, 0.1) is 5.92 Å². The Hall–Kier alpha value is -2.08. The molecular formula is C14H17N5O. The summed E-state index contributed by atoms with van der Waals surface area (Å²) in [6.45, 7) is 3.17. The second kappa shape index (κ2) is 6.38. The maximum Gasteiger partial charge on any atom is 0.225 e. The number of nitrogens with zero attached hydrogens (tertiary/aromatic N) is 5. The lowest BCUT2D eigenvalue weighted by molar-refractivity contribution is 0.123. The molecular weight excluding hydrogens is 254 g/mol. The van der Waals surface area contributed by atoms with Gasteiger partial charge in [0, 0.05) is 43.8 Å². The number of ether oxygens (including phenoxy) is 1. The van der Waals surface area contributed by atoms with Crippen LogP contribution in [-0.2, 0) is 11.2 Å². The molecule has 0 radical (unpaired) electrons. The molecule has 0 bridgehead atoms. The van der Waals surface area contributed by atoms with Crippen molar-refractivity contribution in [2.75, 3.05) is 31.2 Å². The first-order valence-electron chi connectivity index (χ1n) is 6.75. The third-order valence-corrected chi connectivity index (χ3v) is 3.31. The Bertz CT molecular complexity index is 522. The summed E-state index contributed by atoms with van der Waals surface area (Å²) in [6.07, 6.45) is 9.73. The van der Waals surface area contributed by atoms with Gasteiger partial charge in [-0.3, -0.25) is 0 Å². The average Bonchev–Trinajstić information content (AvgIpc) is 2.75. The second-order valence-corrected chi connectivity index (χ2v) is 4.89. The predicted octanol–water partition coefficient (Wildman–Crippen LogP) is 0.962. The van der Waals surface area contributed by atoms with Crippen LogP contribution >= 0.6 is 0 Å². The highest BCUT2D eigenvalue weighted by Crippen LogP contribution is 2.16. The Morgan fingerprint density at radius 3 is 2.80 bits per heavy atom. The largest absolute Gasteiger partial charge is 0.379 e. The van der Waals surface area contributed by atoms with Crippen molar-refractivity contribution in [1.82, 2.24) is 19.9 Å². The Labute approximate surface area is 117 Å². The van der Waals surface area contributed by atoms with Gasteiger partial charge < -0.3 is 9.64 Å². The lowest BCUT2D eigenvalue weighted by Crippen LogP contribution is -2.32. The van der Waals surface area contributed by atoms with Crippen LogP contribution in [-0.4, -0.2) is 46.2 Å². The molecule has 6 heteroatoms. The molecule has 0 aromatic carbocycles. The zero-order valence-electron chi connectivity index (χ0n) is 11.2. The molecule has 2 aromatic heterocycles. The monoisotopic (exact) mass is 271 g/mol. The Morgan fingerprint density at radius 2 is 2.00 bits per heavy atom. The van der Waals surface area contributed by atoms with E-state index >= 15 is 0 Å². The van der Waals surface area contributed by atoms with Crippen LogP contribution in [0.2, 0.25) is 0 Å². The normalized spacial score (nSPS) is 19.6. The predicted molar refractivity (Wildman–Crippen MR) is 74.3 cm³/mol. The molecule has 0 spiro atoms. The minimum atomic E-state index is 0.396. The Balaban J connectivity index is 1.69. The van der Waals surface area contributed by atoms with Gasteiger partial charge in [-0.05, 0) is 18.1 Å². The highest BCUT2D eigenvalue weighted by atomic mass is 16.5. The first-order chi connectivity index (χ1) is 9.92. The molecule has 6 nitrogen and oxygen atoms in total. The van der Waals surface area contributed by atoms with Gasteiger partial charge in [0.2, 0.25) is 5.95 Å². The Morgan fingerprint density at radius 1 is 1.20 bits per heavy atom. The van der Waals surface area contributed by atoms with E-state index in [9.17, 15) is 0 Å². The Kier molecular flexibility index (Phi) is 4.13. The minimum absolute atomic E-state index is 0.396. The van der Waals surface area contributed by atoms with Gasteiger partial charge in [0.25, 0.3) is 0 Å². The smallest absolute Gasteiger partial charge is 0.225 e. The molecule has 0 amide bonds. The van der Waals surface area contributed by atoms with Crippen molar-refractivity contribution in [3.05, 3.63) is 42.7 Å². The molecule has 1 atom stereocenters. The molecule has 1 aliphatic heterocycles. The third-order valence-electron chi connectivity index (χ3n) is 3.31. The lowest BCUT2D eigenvalue weighted by Gasteiger charge is -2.23. The molecule has 1 aliphatic rings. The van der Waals surface area contributed by atoms with E-state index in [2.05, 4.69) is 24.8 Å². The molecule has 1 saturated heterocycles. The maximum absolute atomic E-state index is 5.69. The van der Waals surface area contributed by atoms with E-state index in [1.807, 2.05) is 18.5 Å². The zero-order chi connectivity index (χ0) is 13.6. The van der Waals surface area contributed by atoms with Crippen LogP contribution in [0.25, 0.3) is 0 Å². The van der Waals surface area contributed by atoms with Gasteiger partial charge in [-0.1, -0.05) is 0 Å². The molecule has 104 valence electrons. The first-order valence-corrected chi connectivity index (χ1v) is 6.75. The van der Waals surface area contributed by atoms with E-state index < -0.39 is 0 Å². The van der Waals surface area contributed by atoms with Crippen molar-refractivity contribution in [3.8, 4) is 0 Å². The van der Waals surface area contributed by atoms with Gasteiger partial charge in [-0.15, -0.1) is 0 Å². The zero-order valence-corrected chi connectivity index (χ0v) is 11.2. The fraction of sp³-hybridized carbons (Fsp3) is 0.429. The van der Waals surface area contributed by atoms with Crippen molar-refractivity contribution >= 4 is 5.95 Å². The van der Waals surface area contributed by atoms with Crippen molar-refractivity contribution in [2.24, 2.45) is 5.92 Å². The SMILES string of the molecule is c1cnc(N2CCOCC(Cc3cncnc3)C2)nc1. The van der Waals surface area contributed by atoms with Crippen LogP contribution in [0.15, 0.2) is 37.2 Å². The fourth-order valence-corrected chi connectivity index (χ4v) is 2.41. The quantitative estimate of drug-likeness (QED) is 0.828. The van der Waals surface area contributed by atoms with Crippen molar-refractivity contribution in [3.63, 3.8) is 0 Å². The molecule has 20 heavy (non-hydrogen) atoms. The number of aromatic nitrogens is 4.